The van der Waals surface area contributed by atoms with Gasteiger partial charge in [-0.2, -0.15) is 17.7 Å². The normalized spacial score (nSPS) is 8.11. The van der Waals surface area contributed by atoms with E-state index < -0.39 is 0 Å². The van der Waals surface area contributed by atoms with Crippen LogP contribution >= 0.6 is 0 Å². The second-order valence-corrected chi connectivity index (χ2v) is 1.77. The van der Waals surface area contributed by atoms with Crippen LogP contribution in [0.4, 0.5) is 0 Å². The van der Waals surface area contributed by atoms with Crippen molar-refractivity contribution in [3.05, 3.63) is 29.8 Å². The number of hydrogen-bond donors (Lipinski definition) is 1. The number of rotatable bonds is 0. The Morgan fingerprint density at radius 2 is 2.11 bits per heavy atom. The first-order valence-corrected chi connectivity index (χ1v) is 2.46. The number of hydrogen-bond acceptors (Lipinski definition) is 1. The molecule has 2 heteroatoms. The third-order valence-corrected chi connectivity index (χ3v) is 0.918. The fourth-order valence-electron chi connectivity index (χ4n) is 0.575. The van der Waals surface area contributed by atoms with Crippen LogP contribution in [0.25, 0.3) is 0 Å². The molecule has 0 spiro atoms. The Morgan fingerprint density at radius 3 is 2.44 bits per heavy atom. The fraction of sp³-hybridized carbons (Fsp3) is 0.143. The van der Waals surface area contributed by atoms with Crippen molar-refractivity contribution in [1.82, 2.24) is 0 Å². The van der Waals surface area contributed by atoms with Crippen LogP contribution in [0.15, 0.2) is 18.2 Å². The van der Waals surface area contributed by atoms with Crippen LogP contribution in [0.1, 0.15) is 5.56 Å². The van der Waals surface area contributed by atoms with Crippen LogP contribution in [0.5, 0.6) is 5.75 Å². The van der Waals surface area contributed by atoms with Crippen molar-refractivity contribution in [3.63, 3.8) is 0 Å². The van der Waals surface area contributed by atoms with Gasteiger partial charge in [-0.1, -0.05) is 6.92 Å². The molecule has 0 aromatic heterocycles. The third kappa shape index (κ3) is 1.51. The van der Waals surface area contributed by atoms with Crippen molar-refractivity contribution in [2.24, 2.45) is 0 Å². The molecule has 1 aromatic rings. The molecular formula is C7H7MdO-. The van der Waals surface area contributed by atoms with E-state index in [1.807, 2.05) is 13.0 Å². The van der Waals surface area contributed by atoms with Gasteiger partial charge in [-0.15, -0.1) is 12.1 Å². The number of aromatic hydroxyl groups is 1. The maximum absolute atomic E-state index is 8.78. The monoisotopic (exact) mass is 365 g/mol. The van der Waals surface area contributed by atoms with Gasteiger partial charge in [-0.05, 0) is 0 Å². The minimum Gasteiger partial charge on any atom is -0.566 e. The van der Waals surface area contributed by atoms with Crippen molar-refractivity contribution in [2.45, 2.75) is 6.92 Å². The molecule has 0 aliphatic carbocycles. The van der Waals surface area contributed by atoms with Crippen molar-refractivity contribution in [3.8, 4) is 5.75 Å². The number of benzene rings is 1. The van der Waals surface area contributed by atoms with E-state index in [-0.39, 0.29) is 5.75 Å². The van der Waals surface area contributed by atoms with Gasteiger partial charge in [-0.3, -0.25) is 0 Å². The predicted molar refractivity (Wildman–Crippen MR) is 31.7 cm³/mol. The van der Waals surface area contributed by atoms with E-state index in [9.17, 15) is 0 Å². The quantitative estimate of drug-likeness (QED) is 0.692. The molecule has 1 rings (SSSR count). The van der Waals surface area contributed by atoms with Crippen molar-refractivity contribution in [1.29, 1.82) is 0 Å². The van der Waals surface area contributed by atoms with Gasteiger partial charge in [0.2, 0.25) is 0 Å². The molecule has 0 unspecified atom stereocenters. The van der Waals surface area contributed by atoms with Crippen LogP contribution in [-0.4, -0.2) is 5.11 Å². The van der Waals surface area contributed by atoms with Gasteiger partial charge in [0.1, 0.15) is 0 Å². The second kappa shape index (κ2) is 2.36. The Hall–Kier alpha value is -1.98. The van der Waals surface area contributed by atoms with E-state index in [4.69, 9.17) is 5.11 Å². The minimum absolute atomic E-state index is 0. The smallest absolute Gasteiger partial charge is 0.00347 e. The molecule has 0 saturated carbocycles. The van der Waals surface area contributed by atoms with Crippen LogP contribution in [-0.2, 0) is 0 Å². The summed E-state index contributed by atoms with van der Waals surface area (Å²) in [4.78, 5) is 0. The molecule has 0 aliphatic heterocycles. The Balaban J connectivity index is 0.000000640. The first-order chi connectivity index (χ1) is 3.79. The van der Waals surface area contributed by atoms with Crippen LogP contribution in [0.3, 0.4) is 0 Å². The summed E-state index contributed by atoms with van der Waals surface area (Å²) in [7, 11) is 0. The van der Waals surface area contributed by atoms with Crippen molar-refractivity contribution < 1.29 is 5.11 Å². The first-order valence-electron chi connectivity index (χ1n) is 2.46. The van der Waals surface area contributed by atoms with Gasteiger partial charge in [0.15, 0.2) is 0 Å². The van der Waals surface area contributed by atoms with E-state index in [1.54, 1.807) is 6.07 Å². The van der Waals surface area contributed by atoms with E-state index in [1.165, 1.54) is 6.07 Å². The zero-order chi connectivity index (χ0) is 5.98. The molecule has 0 saturated heterocycles. The summed E-state index contributed by atoms with van der Waals surface area (Å²) in [5.41, 5.74) is 1.03. The molecule has 0 amide bonds. The molecule has 1 N–H and O–H groups in total. The van der Waals surface area contributed by atoms with Gasteiger partial charge in [-0.25, -0.2) is 0 Å². The summed E-state index contributed by atoms with van der Waals surface area (Å²) >= 11 is 0. The fourth-order valence-corrected chi connectivity index (χ4v) is 0.575. The largest absolute Gasteiger partial charge is 0.566 e. The molecule has 0 atom stereocenters. The van der Waals surface area contributed by atoms with E-state index in [0.717, 1.165) is 5.56 Å². The third-order valence-electron chi connectivity index (χ3n) is 0.918. The predicted octanol–water partition coefficient (Wildman–Crippen LogP) is 1.50. The Bertz CT molecular complexity index is 169. The topological polar surface area (TPSA) is 20.2 Å². The van der Waals surface area contributed by atoms with Crippen LogP contribution in [0.2, 0.25) is 0 Å². The maximum atomic E-state index is 8.78. The number of phenols is 1. The number of aryl methyl sites for hydroxylation is 1. The first kappa shape index (κ1) is 7.02. The molecule has 1 radical (unpaired) electrons. The molecule has 0 bridgehead atoms. The zero-order valence-corrected chi connectivity index (χ0v) is 7.27. The molecule has 55 valence electrons. The van der Waals surface area contributed by atoms with E-state index in [2.05, 4.69) is 6.07 Å². The molecular weight excluding hydrogens is 358 g/mol. The Labute approximate surface area is 48.6 Å². The molecule has 1 nitrogen and oxygen atoms in total. The summed E-state index contributed by atoms with van der Waals surface area (Å²) in [5.74, 6) is 0.282. The molecule has 9 heavy (non-hydrogen) atoms. The summed E-state index contributed by atoms with van der Waals surface area (Å²) in [6.07, 6.45) is 0. The Kier molecular flexibility index (Phi) is 1.84. The van der Waals surface area contributed by atoms with Crippen molar-refractivity contribution in [2.75, 3.05) is 0 Å². The average Bonchev–Trinajstić information content (AvgIpc) is 1.64. The summed E-state index contributed by atoms with van der Waals surface area (Å²) in [6, 6.07) is 7.82. The summed E-state index contributed by atoms with van der Waals surface area (Å²) in [5, 5.41) is 8.78. The van der Waals surface area contributed by atoms with E-state index in [0.29, 0.717) is 0 Å². The standard InChI is InChI=1S/C7H7O.Md/c1-6-3-2-4-7(8)5-6;/h3-5,8H,1H3;/q-1;. The molecule has 0 aliphatic rings. The van der Waals surface area contributed by atoms with Crippen molar-refractivity contribution >= 4 is 0 Å². The SMILES string of the molecule is Cc1c[c-]cc(O)c1.[Md]. The average molecular weight is 365 g/mol. The van der Waals surface area contributed by atoms with Gasteiger partial charge in [0.05, 0.1) is 0 Å². The zero-order valence-electron chi connectivity index (χ0n) is 4.96. The van der Waals surface area contributed by atoms with Gasteiger partial charge >= 0.3 is 0 Å². The number of phenolic OH excluding ortho intramolecular Hbond substituents is 1. The van der Waals surface area contributed by atoms with Gasteiger partial charge in [0.25, 0.3) is 0 Å². The van der Waals surface area contributed by atoms with Gasteiger partial charge < -0.3 is 5.11 Å². The Morgan fingerprint density at radius 1 is 1.44 bits per heavy atom. The van der Waals surface area contributed by atoms with Gasteiger partial charge in [0, 0.05) is 5.75 Å². The molecule has 1 aromatic carbocycles. The second-order valence-electron chi connectivity index (χ2n) is 1.77. The summed E-state index contributed by atoms with van der Waals surface area (Å²) < 4.78 is 0. The van der Waals surface area contributed by atoms with Crippen LogP contribution in [0, 0.1) is 13.0 Å². The molecule has 0 fully saturated rings. The van der Waals surface area contributed by atoms with Crippen LogP contribution < -0.4 is 0 Å². The summed E-state index contributed by atoms with van der Waals surface area (Å²) in [6.45, 7) is 1.91. The molecule has 0 heterocycles. The van der Waals surface area contributed by atoms with E-state index >= 15 is 0 Å². The minimum atomic E-state index is 0. The maximum Gasteiger partial charge on any atom is 0.00347 e.